The first-order valence-corrected chi connectivity index (χ1v) is 11.2. The number of carbonyl (C=O) groups is 2. The Labute approximate surface area is 211 Å². The van der Waals surface area contributed by atoms with Crippen molar-refractivity contribution >= 4 is 22.8 Å². The van der Waals surface area contributed by atoms with E-state index in [1.807, 2.05) is 0 Å². The minimum Gasteiger partial charge on any atom is -0.406 e. The number of pyridine rings is 1. The Bertz CT molecular complexity index is 1550. The molecule has 14 heteroatoms. The van der Waals surface area contributed by atoms with Gasteiger partial charge in [0.15, 0.2) is 11.5 Å². The zero-order valence-electron chi connectivity index (χ0n) is 19.5. The molecule has 0 atom stereocenters. The third kappa shape index (κ3) is 4.79. The molecule has 2 amide bonds. The highest BCUT2D eigenvalue weighted by Crippen LogP contribution is 2.38. The van der Waals surface area contributed by atoms with Gasteiger partial charge in [-0.15, -0.1) is 13.2 Å². The molecule has 196 valence electrons. The molecular formula is C24H19F4N7O3. The van der Waals surface area contributed by atoms with Crippen molar-refractivity contribution < 1.29 is 31.9 Å². The monoisotopic (exact) mass is 529 g/mol. The molecule has 5 rings (SSSR count). The normalized spacial score (nSPS) is 13.9. The van der Waals surface area contributed by atoms with Gasteiger partial charge in [-0.25, -0.2) is 14.1 Å². The molecule has 0 unspecified atom stereocenters. The Balaban J connectivity index is 1.59. The van der Waals surface area contributed by atoms with Gasteiger partial charge in [-0.05, 0) is 35.9 Å². The van der Waals surface area contributed by atoms with Crippen LogP contribution < -0.4 is 10.5 Å². The number of nitrogens with two attached hydrogens (primary N) is 1. The van der Waals surface area contributed by atoms with Crippen LogP contribution in [-0.2, 0) is 16.1 Å². The van der Waals surface area contributed by atoms with Crippen LogP contribution in [0.15, 0.2) is 61.3 Å². The molecule has 1 aromatic carbocycles. The Morgan fingerprint density at radius 3 is 2.50 bits per heavy atom. The maximum atomic E-state index is 13.3. The molecule has 1 aliphatic rings. The van der Waals surface area contributed by atoms with Crippen molar-refractivity contribution in [2.45, 2.75) is 18.8 Å². The van der Waals surface area contributed by atoms with Crippen LogP contribution >= 0.6 is 0 Å². The van der Waals surface area contributed by atoms with Crippen LogP contribution in [0, 0.1) is 0 Å². The predicted molar refractivity (Wildman–Crippen MR) is 126 cm³/mol. The molecule has 1 fully saturated rings. The van der Waals surface area contributed by atoms with Gasteiger partial charge in [-0.3, -0.25) is 14.3 Å². The number of primary amides is 1. The number of rotatable bonds is 7. The highest BCUT2D eigenvalue weighted by molar-refractivity contribution is 5.96. The number of fused-ring (bicyclic) bond motifs is 1. The minimum atomic E-state index is -4.83. The molecule has 4 heterocycles. The number of benzene rings is 1. The van der Waals surface area contributed by atoms with E-state index in [-0.39, 0.29) is 25.6 Å². The second-order valence-corrected chi connectivity index (χ2v) is 8.60. The summed E-state index contributed by atoms with van der Waals surface area (Å²) >= 11 is 0. The first-order chi connectivity index (χ1) is 18.0. The third-order valence-corrected chi connectivity index (χ3v) is 5.96. The van der Waals surface area contributed by atoms with Gasteiger partial charge in [0, 0.05) is 37.0 Å². The average Bonchev–Trinajstić information content (AvgIpc) is 3.42. The van der Waals surface area contributed by atoms with Gasteiger partial charge in [0.05, 0.1) is 23.0 Å². The molecule has 1 saturated heterocycles. The fraction of sp³-hybridized carbons (Fsp3) is 0.208. The summed E-state index contributed by atoms with van der Waals surface area (Å²) in [6, 6.07) is 6.85. The van der Waals surface area contributed by atoms with Crippen LogP contribution in [-0.4, -0.2) is 60.7 Å². The lowest BCUT2D eigenvalue weighted by Gasteiger charge is -2.38. The molecule has 10 nitrogen and oxygen atoms in total. The van der Waals surface area contributed by atoms with E-state index in [2.05, 4.69) is 21.4 Å². The molecule has 38 heavy (non-hydrogen) atoms. The van der Waals surface area contributed by atoms with E-state index in [1.54, 1.807) is 18.5 Å². The number of nitrogens with zero attached hydrogens (tertiary/aromatic N) is 6. The highest BCUT2D eigenvalue weighted by Gasteiger charge is 2.37. The molecule has 1 aliphatic heterocycles. The van der Waals surface area contributed by atoms with Crippen molar-refractivity contribution in [3.8, 4) is 22.6 Å². The molecule has 0 bridgehead atoms. The van der Waals surface area contributed by atoms with Crippen LogP contribution in [0.4, 0.5) is 17.6 Å². The summed E-state index contributed by atoms with van der Waals surface area (Å²) < 4.78 is 57.9. The molecule has 3 aromatic heterocycles. The van der Waals surface area contributed by atoms with Crippen molar-refractivity contribution in [2.24, 2.45) is 5.73 Å². The average molecular weight is 529 g/mol. The van der Waals surface area contributed by atoms with Crippen LogP contribution in [0.3, 0.4) is 0 Å². The SMILES string of the molecule is C=C(F)C(=O)N1CC(c2nn(-c3ccc(OC(F)(F)F)cc3)c3nccc(-c4cnn(CC(N)=O)c4)c23)C1. The summed E-state index contributed by atoms with van der Waals surface area (Å²) in [5, 5.41) is 9.48. The number of amides is 2. The predicted octanol–water partition coefficient (Wildman–Crippen LogP) is 3.08. The number of carbonyl (C=O) groups excluding carboxylic acids is 2. The van der Waals surface area contributed by atoms with Gasteiger partial charge in [0.2, 0.25) is 5.91 Å². The quantitative estimate of drug-likeness (QED) is 0.290. The summed E-state index contributed by atoms with van der Waals surface area (Å²) in [7, 11) is 0. The Kier molecular flexibility index (Phi) is 6.09. The number of likely N-dealkylation sites (tertiary alicyclic amines) is 1. The fourth-order valence-electron chi connectivity index (χ4n) is 4.30. The molecular weight excluding hydrogens is 510 g/mol. The smallest absolute Gasteiger partial charge is 0.406 e. The third-order valence-electron chi connectivity index (χ3n) is 5.96. The van der Waals surface area contributed by atoms with E-state index < -0.39 is 29.8 Å². The van der Waals surface area contributed by atoms with E-state index in [0.29, 0.717) is 33.5 Å². The number of halogens is 4. The van der Waals surface area contributed by atoms with E-state index in [4.69, 9.17) is 10.8 Å². The lowest BCUT2D eigenvalue weighted by atomic mass is 9.92. The molecule has 0 spiro atoms. The standard InChI is InChI=1S/C24H19F4N7O3/c1-13(25)23(37)33-9-15(10-33)21-20-18(14-8-31-34(11-14)12-19(29)36)6-7-30-22(20)35(32-21)16-2-4-17(5-3-16)38-24(26,27)28/h2-8,11,15H,1,9-10,12H2,(H2,29,36). The molecule has 0 saturated carbocycles. The Hall–Kier alpha value is -4.75. The van der Waals surface area contributed by atoms with Gasteiger partial charge in [-0.2, -0.15) is 10.2 Å². The Morgan fingerprint density at radius 2 is 1.87 bits per heavy atom. The zero-order chi connectivity index (χ0) is 27.2. The topological polar surface area (TPSA) is 121 Å². The van der Waals surface area contributed by atoms with Crippen molar-refractivity contribution in [2.75, 3.05) is 13.1 Å². The molecule has 0 aliphatic carbocycles. The van der Waals surface area contributed by atoms with Gasteiger partial charge in [-0.1, -0.05) is 6.58 Å². The Morgan fingerprint density at radius 1 is 1.16 bits per heavy atom. The van der Waals surface area contributed by atoms with Crippen LogP contribution in [0.2, 0.25) is 0 Å². The lowest BCUT2D eigenvalue weighted by Crippen LogP contribution is -2.48. The first-order valence-electron chi connectivity index (χ1n) is 11.2. The van der Waals surface area contributed by atoms with Gasteiger partial charge in [0.1, 0.15) is 12.3 Å². The lowest BCUT2D eigenvalue weighted by molar-refractivity contribution is -0.274. The van der Waals surface area contributed by atoms with Crippen molar-refractivity contribution in [1.29, 1.82) is 0 Å². The summed E-state index contributed by atoms with van der Waals surface area (Å²) in [5.41, 5.74) is 7.93. The summed E-state index contributed by atoms with van der Waals surface area (Å²) in [4.78, 5) is 29.0. The summed E-state index contributed by atoms with van der Waals surface area (Å²) in [6.07, 6.45) is -0.115. The first kappa shape index (κ1) is 24.9. The van der Waals surface area contributed by atoms with E-state index in [0.717, 1.165) is 12.1 Å². The number of ether oxygens (including phenoxy) is 1. The van der Waals surface area contributed by atoms with E-state index >= 15 is 0 Å². The van der Waals surface area contributed by atoms with Crippen LogP contribution in [0.5, 0.6) is 5.75 Å². The number of hydrogen-bond acceptors (Lipinski definition) is 6. The highest BCUT2D eigenvalue weighted by atomic mass is 19.4. The van der Waals surface area contributed by atoms with Gasteiger partial charge in [0.25, 0.3) is 5.91 Å². The van der Waals surface area contributed by atoms with Crippen molar-refractivity contribution in [3.05, 3.63) is 67.0 Å². The number of aromatic nitrogens is 5. The van der Waals surface area contributed by atoms with E-state index in [9.17, 15) is 27.2 Å². The van der Waals surface area contributed by atoms with Crippen molar-refractivity contribution in [3.63, 3.8) is 0 Å². The summed E-state index contributed by atoms with van der Waals surface area (Å²) in [6.45, 7) is 3.28. The van der Waals surface area contributed by atoms with E-state index in [1.165, 1.54) is 32.6 Å². The molecule has 0 radical (unpaired) electrons. The van der Waals surface area contributed by atoms with Gasteiger partial charge < -0.3 is 15.4 Å². The number of alkyl halides is 3. The zero-order valence-corrected chi connectivity index (χ0v) is 19.5. The molecule has 2 N–H and O–H groups in total. The molecule has 4 aromatic rings. The van der Waals surface area contributed by atoms with Crippen LogP contribution in [0.1, 0.15) is 11.6 Å². The second kappa shape index (κ2) is 9.28. The fourth-order valence-corrected chi connectivity index (χ4v) is 4.30. The second-order valence-electron chi connectivity index (χ2n) is 8.60. The summed E-state index contributed by atoms with van der Waals surface area (Å²) in [5.74, 6) is -3.12. The van der Waals surface area contributed by atoms with Gasteiger partial charge >= 0.3 is 6.36 Å². The minimum absolute atomic E-state index is 0.125. The van der Waals surface area contributed by atoms with Crippen LogP contribution in [0.25, 0.3) is 27.8 Å². The number of hydrogen-bond donors (Lipinski definition) is 1. The largest absolute Gasteiger partial charge is 0.573 e. The maximum absolute atomic E-state index is 13.3. The maximum Gasteiger partial charge on any atom is 0.573 e. The van der Waals surface area contributed by atoms with Crippen molar-refractivity contribution in [1.82, 2.24) is 29.4 Å².